The predicted molar refractivity (Wildman–Crippen MR) is 66.2 cm³/mol. The van der Waals surface area contributed by atoms with Gasteiger partial charge in [0.15, 0.2) is 0 Å². The molecule has 0 aromatic heterocycles. The van der Waals surface area contributed by atoms with Crippen molar-refractivity contribution in [1.29, 1.82) is 0 Å². The highest BCUT2D eigenvalue weighted by molar-refractivity contribution is 5.85. The highest BCUT2D eigenvalue weighted by Crippen LogP contribution is 2.02. The van der Waals surface area contributed by atoms with Crippen LogP contribution >= 0.6 is 0 Å². The first-order chi connectivity index (χ1) is 8.22. The van der Waals surface area contributed by atoms with Crippen LogP contribution in [0.5, 0.6) is 0 Å². The Bertz CT molecular complexity index is 307. The predicted octanol–water partition coefficient (Wildman–Crippen LogP) is 0.798. The number of carboxylic acid groups (broad SMARTS) is 2. The second kappa shape index (κ2) is 10.5. The summed E-state index contributed by atoms with van der Waals surface area (Å²) in [6, 6.07) is 0. The minimum atomic E-state index is -0.980. The third-order valence-corrected chi connectivity index (χ3v) is 1.86. The zero-order chi connectivity index (χ0) is 14.7. The van der Waals surface area contributed by atoms with Gasteiger partial charge in [0.05, 0.1) is 6.10 Å². The molecule has 1 unspecified atom stereocenters. The third kappa shape index (κ3) is 12.4. The van der Waals surface area contributed by atoms with Gasteiger partial charge in [-0.3, -0.25) is 0 Å². The number of aliphatic carboxylic acids is 2. The number of rotatable bonds is 6. The lowest BCUT2D eigenvalue weighted by Gasteiger charge is -2.04. The van der Waals surface area contributed by atoms with Gasteiger partial charge in [0.25, 0.3) is 0 Å². The lowest BCUT2D eigenvalue weighted by atomic mass is 10.1. The molecule has 0 aliphatic carbocycles. The summed E-state index contributed by atoms with van der Waals surface area (Å²) in [5, 5.41) is 33.8. The van der Waals surface area contributed by atoms with Gasteiger partial charge < -0.3 is 20.4 Å². The smallest absolute Gasteiger partial charge is 0.330 e. The van der Waals surface area contributed by atoms with Crippen molar-refractivity contribution in [2.24, 2.45) is 0 Å². The van der Waals surface area contributed by atoms with Gasteiger partial charge in [-0.2, -0.15) is 0 Å². The van der Waals surface area contributed by atoms with Crippen LogP contribution in [-0.4, -0.2) is 45.1 Å². The monoisotopic (exact) mass is 260 g/mol. The maximum atomic E-state index is 10.3. The van der Waals surface area contributed by atoms with Gasteiger partial charge in [-0.15, -0.1) is 0 Å². The standard InChI is InChI=1S/C8H14O4.C4H6O2/c1-6(8(11)12)2-3-7(10)4-5-9;1-3(2)4(5)6/h2,7,9-10H,3-5H2,1H3,(H,11,12);1H2,2H3,(H,5,6). The van der Waals surface area contributed by atoms with E-state index in [4.69, 9.17) is 20.4 Å². The highest BCUT2D eigenvalue weighted by Gasteiger charge is 2.03. The summed E-state index contributed by atoms with van der Waals surface area (Å²) in [4.78, 5) is 19.9. The molecule has 6 heteroatoms. The van der Waals surface area contributed by atoms with Crippen molar-refractivity contribution >= 4 is 11.9 Å². The molecule has 0 radical (unpaired) electrons. The lowest BCUT2D eigenvalue weighted by Crippen LogP contribution is -2.08. The zero-order valence-electron chi connectivity index (χ0n) is 10.6. The molecule has 0 heterocycles. The van der Waals surface area contributed by atoms with E-state index in [0.717, 1.165) is 0 Å². The quantitative estimate of drug-likeness (QED) is 0.525. The second-order valence-corrected chi connectivity index (χ2v) is 3.68. The van der Waals surface area contributed by atoms with Gasteiger partial charge in [-0.1, -0.05) is 12.7 Å². The molecule has 0 aromatic carbocycles. The van der Waals surface area contributed by atoms with E-state index in [-0.39, 0.29) is 30.6 Å². The molecule has 104 valence electrons. The SMILES string of the molecule is C=C(C)C(=O)O.CC(=CCC(O)CCO)C(=O)O. The molecule has 0 fully saturated rings. The first kappa shape index (κ1) is 18.7. The largest absolute Gasteiger partial charge is 0.478 e. The number of aliphatic hydroxyl groups is 2. The van der Waals surface area contributed by atoms with E-state index < -0.39 is 18.0 Å². The van der Waals surface area contributed by atoms with Crippen molar-refractivity contribution in [2.45, 2.75) is 32.8 Å². The van der Waals surface area contributed by atoms with Crippen molar-refractivity contribution in [3.63, 3.8) is 0 Å². The van der Waals surface area contributed by atoms with E-state index in [1.165, 1.54) is 19.9 Å². The average molecular weight is 260 g/mol. The summed E-state index contributed by atoms with van der Waals surface area (Å²) < 4.78 is 0. The van der Waals surface area contributed by atoms with Gasteiger partial charge in [0, 0.05) is 17.8 Å². The minimum Gasteiger partial charge on any atom is -0.478 e. The normalized spacial score (nSPS) is 12.1. The Morgan fingerprint density at radius 3 is 1.94 bits per heavy atom. The molecule has 0 aliphatic rings. The molecule has 0 rings (SSSR count). The molecule has 0 aliphatic heterocycles. The van der Waals surface area contributed by atoms with Crippen LogP contribution in [-0.2, 0) is 9.59 Å². The molecule has 0 saturated heterocycles. The molecular formula is C12H20O6. The summed E-state index contributed by atoms with van der Waals surface area (Å²) in [7, 11) is 0. The van der Waals surface area contributed by atoms with Gasteiger partial charge >= 0.3 is 11.9 Å². The topological polar surface area (TPSA) is 115 Å². The summed E-state index contributed by atoms with van der Waals surface area (Å²) in [5.41, 5.74) is 0.391. The van der Waals surface area contributed by atoms with E-state index in [0.29, 0.717) is 0 Å². The van der Waals surface area contributed by atoms with Gasteiger partial charge in [-0.05, 0) is 26.7 Å². The van der Waals surface area contributed by atoms with Crippen LogP contribution in [0.1, 0.15) is 26.7 Å². The molecule has 1 atom stereocenters. The Morgan fingerprint density at radius 1 is 1.22 bits per heavy atom. The molecule has 6 nitrogen and oxygen atoms in total. The molecule has 4 N–H and O–H groups in total. The molecular weight excluding hydrogens is 240 g/mol. The van der Waals surface area contributed by atoms with E-state index >= 15 is 0 Å². The maximum absolute atomic E-state index is 10.3. The van der Waals surface area contributed by atoms with Crippen LogP contribution in [0.4, 0.5) is 0 Å². The summed E-state index contributed by atoms with van der Waals surface area (Å²) in [5.74, 6) is -1.92. The number of carbonyl (C=O) groups is 2. The van der Waals surface area contributed by atoms with Crippen molar-refractivity contribution in [3.8, 4) is 0 Å². The van der Waals surface area contributed by atoms with Crippen molar-refractivity contribution in [2.75, 3.05) is 6.61 Å². The van der Waals surface area contributed by atoms with Gasteiger partial charge in [0.2, 0.25) is 0 Å². The summed E-state index contributed by atoms with van der Waals surface area (Å²) in [6.45, 7) is 5.99. The zero-order valence-corrected chi connectivity index (χ0v) is 10.6. The Morgan fingerprint density at radius 2 is 1.67 bits per heavy atom. The Hall–Kier alpha value is -1.66. The fourth-order valence-corrected chi connectivity index (χ4v) is 0.667. The van der Waals surface area contributed by atoms with Crippen molar-refractivity contribution in [1.82, 2.24) is 0 Å². The van der Waals surface area contributed by atoms with Gasteiger partial charge in [-0.25, -0.2) is 9.59 Å². The minimum absolute atomic E-state index is 0.0822. The number of hydrogen-bond acceptors (Lipinski definition) is 4. The Labute approximate surface area is 106 Å². The number of aliphatic hydroxyl groups excluding tert-OH is 2. The molecule has 18 heavy (non-hydrogen) atoms. The molecule has 0 amide bonds. The van der Waals surface area contributed by atoms with Crippen molar-refractivity contribution in [3.05, 3.63) is 23.8 Å². The van der Waals surface area contributed by atoms with Crippen molar-refractivity contribution < 1.29 is 30.0 Å². The first-order valence-electron chi connectivity index (χ1n) is 5.30. The third-order valence-electron chi connectivity index (χ3n) is 1.86. The van der Waals surface area contributed by atoms with E-state index in [1.54, 1.807) is 0 Å². The van der Waals surface area contributed by atoms with Crippen LogP contribution in [0.2, 0.25) is 0 Å². The summed E-state index contributed by atoms with van der Waals surface area (Å²) in [6.07, 6.45) is 1.36. The van der Waals surface area contributed by atoms with E-state index in [9.17, 15) is 9.59 Å². The fraction of sp³-hybridized carbons (Fsp3) is 0.500. The number of carboxylic acids is 2. The van der Waals surface area contributed by atoms with E-state index in [1.807, 2.05) is 0 Å². The fourth-order valence-electron chi connectivity index (χ4n) is 0.667. The Kier molecular flexibility index (Phi) is 10.9. The molecule has 0 bridgehead atoms. The average Bonchev–Trinajstić information content (AvgIpc) is 2.26. The summed E-state index contributed by atoms with van der Waals surface area (Å²) >= 11 is 0. The molecule has 0 spiro atoms. The maximum Gasteiger partial charge on any atom is 0.330 e. The Balaban J connectivity index is 0. The van der Waals surface area contributed by atoms with Gasteiger partial charge in [0.1, 0.15) is 0 Å². The van der Waals surface area contributed by atoms with Crippen LogP contribution in [0.25, 0.3) is 0 Å². The van der Waals surface area contributed by atoms with Crippen LogP contribution < -0.4 is 0 Å². The van der Waals surface area contributed by atoms with Crippen LogP contribution in [0.15, 0.2) is 23.8 Å². The first-order valence-corrected chi connectivity index (χ1v) is 5.30. The lowest BCUT2D eigenvalue weighted by molar-refractivity contribution is -0.133. The molecule has 0 aromatic rings. The van der Waals surface area contributed by atoms with Crippen LogP contribution in [0, 0.1) is 0 Å². The van der Waals surface area contributed by atoms with Crippen LogP contribution in [0.3, 0.4) is 0 Å². The highest BCUT2D eigenvalue weighted by atomic mass is 16.4. The number of hydrogen-bond donors (Lipinski definition) is 4. The van der Waals surface area contributed by atoms with E-state index in [2.05, 4.69) is 6.58 Å². The second-order valence-electron chi connectivity index (χ2n) is 3.68. The molecule has 0 saturated carbocycles.